The van der Waals surface area contributed by atoms with Crippen molar-refractivity contribution in [3.63, 3.8) is 0 Å². The second-order valence-electron chi connectivity index (χ2n) is 7.75. The number of hydrogen-bond acceptors (Lipinski definition) is 6. The molecule has 2 fully saturated rings. The standard InChI is InChI=1S/C21H23N5O2/c1-12-18(11-22-24-12)13-2-5-17(20(27)8-13)19-6-7-21(26-25-19)28-16-9-14-3-4-15(10-16)23-14/h2,5-8,11,14-16,23,27H,3-4,9-10H2,1H3,(H,22,24). The van der Waals surface area contributed by atoms with Gasteiger partial charge >= 0.3 is 0 Å². The van der Waals surface area contributed by atoms with Crippen LogP contribution in [-0.4, -0.2) is 43.7 Å². The summed E-state index contributed by atoms with van der Waals surface area (Å²) in [5.74, 6) is 0.705. The highest BCUT2D eigenvalue weighted by atomic mass is 16.5. The summed E-state index contributed by atoms with van der Waals surface area (Å²) < 4.78 is 6.05. The Labute approximate surface area is 163 Å². The predicted molar refractivity (Wildman–Crippen MR) is 105 cm³/mol. The largest absolute Gasteiger partial charge is 0.507 e. The maximum atomic E-state index is 10.5. The summed E-state index contributed by atoms with van der Waals surface area (Å²) in [6.45, 7) is 1.95. The number of aryl methyl sites for hydroxylation is 1. The Hall–Kier alpha value is -2.93. The van der Waals surface area contributed by atoms with Crippen LogP contribution >= 0.6 is 0 Å². The number of hydrogen-bond donors (Lipinski definition) is 3. The maximum Gasteiger partial charge on any atom is 0.233 e. The van der Waals surface area contributed by atoms with Crippen LogP contribution in [0, 0.1) is 6.92 Å². The van der Waals surface area contributed by atoms with Crippen LogP contribution in [0.4, 0.5) is 0 Å². The minimum atomic E-state index is 0.163. The molecule has 0 saturated carbocycles. The van der Waals surface area contributed by atoms with Gasteiger partial charge in [-0.25, -0.2) is 0 Å². The average Bonchev–Trinajstić information content (AvgIpc) is 3.27. The molecule has 144 valence electrons. The molecule has 4 heterocycles. The Bertz CT molecular complexity index is 973. The summed E-state index contributed by atoms with van der Waals surface area (Å²) in [5, 5.41) is 29.5. The molecule has 2 saturated heterocycles. The Morgan fingerprint density at radius 1 is 1.04 bits per heavy atom. The number of fused-ring (bicyclic) bond motifs is 2. The fourth-order valence-electron chi connectivity index (χ4n) is 4.36. The fraction of sp³-hybridized carbons (Fsp3) is 0.381. The molecule has 2 aliphatic rings. The summed E-state index contributed by atoms with van der Waals surface area (Å²) >= 11 is 0. The lowest BCUT2D eigenvalue weighted by atomic mass is 10.0. The van der Waals surface area contributed by atoms with Crippen LogP contribution in [0.5, 0.6) is 11.6 Å². The molecule has 2 unspecified atom stereocenters. The molecule has 2 aliphatic heterocycles. The van der Waals surface area contributed by atoms with Gasteiger partial charge in [-0.15, -0.1) is 10.2 Å². The third kappa shape index (κ3) is 3.22. The summed E-state index contributed by atoms with van der Waals surface area (Å²) in [6, 6.07) is 10.4. The monoisotopic (exact) mass is 377 g/mol. The molecule has 2 atom stereocenters. The van der Waals surface area contributed by atoms with E-state index in [4.69, 9.17) is 4.74 Å². The van der Waals surface area contributed by atoms with Crippen molar-refractivity contribution in [3.8, 4) is 34.0 Å². The molecular formula is C21H23N5O2. The van der Waals surface area contributed by atoms with E-state index in [1.54, 1.807) is 12.3 Å². The fourth-order valence-corrected chi connectivity index (χ4v) is 4.36. The van der Waals surface area contributed by atoms with E-state index in [0.29, 0.717) is 29.2 Å². The van der Waals surface area contributed by atoms with E-state index in [1.165, 1.54) is 12.8 Å². The second-order valence-corrected chi connectivity index (χ2v) is 7.75. The van der Waals surface area contributed by atoms with E-state index in [-0.39, 0.29) is 11.9 Å². The first-order valence-corrected chi connectivity index (χ1v) is 9.76. The van der Waals surface area contributed by atoms with E-state index in [0.717, 1.165) is 29.7 Å². The van der Waals surface area contributed by atoms with Gasteiger partial charge in [-0.05, 0) is 56.4 Å². The Kier molecular flexibility index (Phi) is 4.24. The first kappa shape index (κ1) is 17.2. The molecule has 7 nitrogen and oxygen atoms in total. The summed E-state index contributed by atoms with van der Waals surface area (Å²) in [5.41, 5.74) is 4.09. The predicted octanol–water partition coefficient (Wildman–Crippen LogP) is 3.21. The molecule has 5 rings (SSSR count). The molecular weight excluding hydrogens is 354 g/mol. The van der Waals surface area contributed by atoms with E-state index in [1.807, 2.05) is 31.2 Å². The molecule has 2 aromatic heterocycles. The zero-order valence-electron chi connectivity index (χ0n) is 15.7. The summed E-state index contributed by atoms with van der Waals surface area (Å²) in [4.78, 5) is 0. The zero-order chi connectivity index (χ0) is 19.1. The molecule has 28 heavy (non-hydrogen) atoms. The SMILES string of the molecule is Cc1[nH]ncc1-c1ccc(-c2ccc(OC3CC4CCC(C3)N4)nn2)c(O)c1. The number of aromatic nitrogens is 4. The van der Waals surface area contributed by atoms with Gasteiger partial charge in [0.15, 0.2) is 0 Å². The minimum absolute atomic E-state index is 0.163. The highest BCUT2D eigenvalue weighted by molar-refractivity contribution is 5.74. The van der Waals surface area contributed by atoms with Crippen molar-refractivity contribution in [3.05, 3.63) is 42.2 Å². The molecule has 1 aromatic carbocycles. The number of phenols is 1. The van der Waals surface area contributed by atoms with Gasteiger partial charge in [0, 0.05) is 35.0 Å². The van der Waals surface area contributed by atoms with Gasteiger partial charge in [-0.3, -0.25) is 5.10 Å². The number of nitrogens with one attached hydrogen (secondary N) is 2. The van der Waals surface area contributed by atoms with Crippen LogP contribution in [0.2, 0.25) is 0 Å². The molecule has 0 spiro atoms. The van der Waals surface area contributed by atoms with Crippen molar-refractivity contribution >= 4 is 0 Å². The first-order valence-electron chi connectivity index (χ1n) is 9.76. The summed E-state index contributed by atoms with van der Waals surface area (Å²) in [6.07, 6.45) is 6.48. The van der Waals surface area contributed by atoms with Crippen LogP contribution in [-0.2, 0) is 0 Å². The van der Waals surface area contributed by atoms with Gasteiger partial charge in [0.2, 0.25) is 5.88 Å². The van der Waals surface area contributed by atoms with Gasteiger partial charge in [0.25, 0.3) is 0 Å². The van der Waals surface area contributed by atoms with Crippen molar-refractivity contribution in [1.82, 2.24) is 25.7 Å². The van der Waals surface area contributed by atoms with Crippen LogP contribution in [0.1, 0.15) is 31.4 Å². The Morgan fingerprint density at radius 3 is 2.50 bits per heavy atom. The molecule has 7 heteroatoms. The van der Waals surface area contributed by atoms with Crippen molar-refractivity contribution in [1.29, 1.82) is 0 Å². The molecule has 2 bridgehead atoms. The number of nitrogens with zero attached hydrogens (tertiary/aromatic N) is 3. The number of aromatic hydroxyl groups is 1. The number of phenolic OH excluding ortho intramolecular Hbond substituents is 1. The van der Waals surface area contributed by atoms with E-state index in [2.05, 4.69) is 25.7 Å². The lowest BCUT2D eigenvalue weighted by molar-refractivity contribution is 0.130. The molecule has 0 aliphatic carbocycles. The third-order valence-corrected chi connectivity index (χ3v) is 5.77. The van der Waals surface area contributed by atoms with Crippen molar-refractivity contribution < 1.29 is 9.84 Å². The number of rotatable bonds is 4. The highest BCUT2D eigenvalue weighted by Crippen LogP contribution is 2.34. The lowest BCUT2D eigenvalue weighted by Crippen LogP contribution is -2.42. The van der Waals surface area contributed by atoms with Crippen LogP contribution in [0.3, 0.4) is 0 Å². The molecule has 0 radical (unpaired) electrons. The van der Waals surface area contributed by atoms with Gasteiger partial charge < -0.3 is 15.2 Å². The number of benzene rings is 1. The van der Waals surface area contributed by atoms with E-state index < -0.39 is 0 Å². The maximum absolute atomic E-state index is 10.5. The van der Waals surface area contributed by atoms with Gasteiger partial charge in [0.1, 0.15) is 11.9 Å². The minimum Gasteiger partial charge on any atom is -0.507 e. The molecule has 3 aromatic rings. The topological polar surface area (TPSA) is 96.0 Å². The zero-order valence-corrected chi connectivity index (χ0v) is 15.7. The number of ether oxygens (including phenoxy) is 1. The van der Waals surface area contributed by atoms with Gasteiger partial charge in [0.05, 0.1) is 11.9 Å². The number of piperidine rings is 1. The van der Waals surface area contributed by atoms with Crippen molar-refractivity contribution in [2.45, 2.75) is 50.8 Å². The van der Waals surface area contributed by atoms with E-state index >= 15 is 0 Å². The second kappa shape index (κ2) is 6.91. The third-order valence-electron chi connectivity index (χ3n) is 5.77. The Balaban J connectivity index is 1.32. The molecule has 0 amide bonds. The molecule has 3 N–H and O–H groups in total. The average molecular weight is 377 g/mol. The normalized spacial score (nSPS) is 23.7. The van der Waals surface area contributed by atoms with Gasteiger partial charge in [-0.2, -0.15) is 5.10 Å². The smallest absolute Gasteiger partial charge is 0.233 e. The number of H-pyrrole nitrogens is 1. The lowest BCUT2D eigenvalue weighted by Gasteiger charge is -2.28. The van der Waals surface area contributed by atoms with Crippen LogP contribution < -0.4 is 10.1 Å². The van der Waals surface area contributed by atoms with Crippen molar-refractivity contribution in [2.24, 2.45) is 0 Å². The van der Waals surface area contributed by atoms with Gasteiger partial charge in [-0.1, -0.05) is 6.07 Å². The number of aromatic amines is 1. The van der Waals surface area contributed by atoms with Crippen molar-refractivity contribution in [2.75, 3.05) is 0 Å². The van der Waals surface area contributed by atoms with Crippen LogP contribution in [0.15, 0.2) is 36.5 Å². The quantitative estimate of drug-likeness (QED) is 0.646. The Morgan fingerprint density at radius 2 is 1.86 bits per heavy atom. The van der Waals surface area contributed by atoms with Crippen LogP contribution in [0.25, 0.3) is 22.4 Å². The summed E-state index contributed by atoms with van der Waals surface area (Å²) in [7, 11) is 0. The first-order chi connectivity index (χ1) is 13.7. The van der Waals surface area contributed by atoms with E-state index in [9.17, 15) is 5.11 Å². The highest BCUT2D eigenvalue weighted by Gasteiger charge is 2.34.